The van der Waals surface area contributed by atoms with Crippen LogP contribution in [-0.2, 0) is 16.1 Å². The van der Waals surface area contributed by atoms with E-state index in [0.717, 1.165) is 4.80 Å². The van der Waals surface area contributed by atoms with Crippen LogP contribution in [0.5, 0.6) is 0 Å². The molecular formula is C11H12N4O3. The van der Waals surface area contributed by atoms with E-state index >= 15 is 0 Å². The van der Waals surface area contributed by atoms with Gasteiger partial charge in [-0.2, -0.15) is 0 Å². The Kier molecular flexibility index (Phi) is 3.52. The highest BCUT2D eigenvalue weighted by molar-refractivity contribution is 5.68. The first-order valence-electron chi connectivity index (χ1n) is 5.46. The minimum Gasteiger partial charge on any atom is -0.672 e. The van der Waals surface area contributed by atoms with Crippen molar-refractivity contribution >= 4 is 5.97 Å². The van der Waals surface area contributed by atoms with Gasteiger partial charge in [0, 0.05) is 0 Å². The molecule has 0 bridgehead atoms. The van der Waals surface area contributed by atoms with E-state index in [-0.39, 0.29) is 23.9 Å². The second-order valence-electron chi connectivity index (χ2n) is 3.48. The molecule has 0 aliphatic heterocycles. The Labute approximate surface area is 103 Å². The van der Waals surface area contributed by atoms with Gasteiger partial charge in [0.25, 0.3) is 0 Å². The maximum absolute atomic E-state index is 11.5. The molecule has 0 spiro atoms. The number of hydrogen-bond acceptors (Lipinski definition) is 5. The molecule has 2 rings (SSSR count). The Morgan fingerprint density at radius 2 is 2.17 bits per heavy atom. The first-order chi connectivity index (χ1) is 8.70. The summed E-state index contributed by atoms with van der Waals surface area (Å²) in [5.74, 6) is -0.249. The summed E-state index contributed by atoms with van der Waals surface area (Å²) in [7, 11) is 0. The largest absolute Gasteiger partial charge is 0.672 e. The molecule has 0 unspecified atom stereocenters. The summed E-state index contributed by atoms with van der Waals surface area (Å²) in [4.78, 5) is 12.4. The molecule has 0 aliphatic rings. The first-order valence-corrected chi connectivity index (χ1v) is 5.46. The molecule has 0 N–H and O–H groups in total. The van der Waals surface area contributed by atoms with Crippen LogP contribution in [0.1, 0.15) is 6.92 Å². The Balaban J connectivity index is 2.20. The average molecular weight is 248 g/mol. The van der Waals surface area contributed by atoms with Crippen LogP contribution < -0.4 is 4.96 Å². The highest BCUT2D eigenvalue weighted by atomic mass is 16.5. The summed E-state index contributed by atoms with van der Waals surface area (Å²) in [5.41, 5.74) is 0.713. The van der Waals surface area contributed by atoms with Crippen molar-refractivity contribution in [1.82, 2.24) is 15.0 Å². The quantitative estimate of drug-likeness (QED) is 0.436. The number of benzene rings is 1. The van der Waals surface area contributed by atoms with E-state index < -0.39 is 5.97 Å². The highest BCUT2D eigenvalue weighted by Gasteiger charge is 2.18. The van der Waals surface area contributed by atoms with Crippen molar-refractivity contribution in [2.75, 3.05) is 6.61 Å². The fraction of sp³-hybridized carbons (Fsp3) is 0.273. The lowest BCUT2D eigenvalue weighted by atomic mass is 10.2. The predicted octanol–water partition coefficient (Wildman–Crippen LogP) is 0.142. The molecule has 0 saturated carbocycles. The van der Waals surface area contributed by atoms with Gasteiger partial charge in [0.1, 0.15) is 0 Å². The SMILES string of the molecule is CCOC(=O)Cn1nc(-c2ccccc2)n[n+]1[O-]. The molecule has 1 heterocycles. The summed E-state index contributed by atoms with van der Waals surface area (Å²) in [6.07, 6.45) is 0. The number of hydrogen-bond donors (Lipinski definition) is 0. The van der Waals surface area contributed by atoms with Gasteiger partial charge < -0.3 is 9.94 Å². The summed E-state index contributed by atoms with van der Waals surface area (Å²) in [5, 5.41) is 19.1. The Hall–Kier alpha value is -2.44. The third-order valence-electron chi connectivity index (χ3n) is 2.20. The molecule has 1 aromatic heterocycles. The lowest BCUT2D eigenvalue weighted by molar-refractivity contribution is -0.752. The van der Waals surface area contributed by atoms with Crippen LogP contribution >= 0.6 is 0 Å². The first kappa shape index (κ1) is 12.0. The van der Waals surface area contributed by atoms with Crippen LogP contribution in [0, 0.1) is 5.21 Å². The molecule has 0 radical (unpaired) electrons. The number of ether oxygens (including phenoxy) is 1. The van der Waals surface area contributed by atoms with Crippen LogP contribution in [-0.4, -0.2) is 27.6 Å². The van der Waals surface area contributed by atoms with Gasteiger partial charge in [-0.3, -0.25) is 0 Å². The Morgan fingerprint density at radius 1 is 1.44 bits per heavy atom. The molecule has 0 saturated heterocycles. The van der Waals surface area contributed by atoms with E-state index in [1.807, 2.05) is 18.2 Å². The van der Waals surface area contributed by atoms with Gasteiger partial charge in [-0.15, -0.1) is 0 Å². The fourth-order valence-corrected chi connectivity index (χ4v) is 1.42. The number of carbonyl (C=O) groups excluding carboxylic acids is 1. The van der Waals surface area contributed by atoms with E-state index in [1.165, 1.54) is 0 Å². The predicted molar refractivity (Wildman–Crippen MR) is 61.1 cm³/mol. The van der Waals surface area contributed by atoms with Gasteiger partial charge in [0.15, 0.2) is 6.54 Å². The summed E-state index contributed by atoms with van der Waals surface area (Å²) in [6, 6.07) is 9.05. The zero-order valence-electron chi connectivity index (χ0n) is 9.81. The molecule has 7 heteroatoms. The molecular weight excluding hydrogens is 236 g/mol. The third kappa shape index (κ3) is 2.62. The summed E-state index contributed by atoms with van der Waals surface area (Å²) < 4.78 is 4.74. The van der Waals surface area contributed by atoms with Gasteiger partial charge in [0.05, 0.1) is 17.3 Å². The number of esters is 1. The fourth-order valence-electron chi connectivity index (χ4n) is 1.42. The molecule has 7 nitrogen and oxygen atoms in total. The van der Waals surface area contributed by atoms with Crippen LogP contribution in [0.25, 0.3) is 11.4 Å². The van der Waals surface area contributed by atoms with Crippen LogP contribution in [0.2, 0.25) is 0 Å². The van der Waals surface area contributed by atoms with Crippen molar-refractivity contribution in [1.29, 1.82) is 0 Å². The van der Waals surface area contributed by atoms with E-state index in [9.17, 15) is 10.0 Å². The number of carbonyl (C=O) groups is 1. The van der Waals surface area contributed by atoms with Crippen molar-refractivity contribution in [2.45, 2.75) is 13.5 Å². The van der Waals surface area contributed by atoms with Crippen LogP contribution in [0.4, 0.5) is 0 Å². The molecule has 1 aromatic carbocycles. The van der Waals surface area contributed by atoms with Crippen LogP contribution in [0.15, 0.2) is 30.3 Å². The van der Waals surface area contributed by atoms with Gasteiger partial charge in [0.2, 0.25) is 0 Å². The number of nitrogens with zero attached hydrogens (tertiary/aromatic N) is 4. The average Bonchev–Trinajstić information content (AvgIpc) is 2.72. The maximum Gasteiger partial charge on any atom is 0.339 e. The van der Waals surface area contributed by atoms with Gasteiger partial charge in [-0.05, 0) is 33.9 Å². The molecule has 18 heavy (non-hydrogen) atoms. The minimum absolute atomic E-state index is 0.253. The van der Waals surface area contributed by atoms with Crippen molar-refractivity contribution in [3.8, 4) is 11.4 Å². The van der Waals surface area contributed by atoms with Gasteiger partial charge in [-0.1, -0.05) is 18.2 Å². The molecule has 94 valence electrons. The van der Waals surface area contributed by atoms with E-state index in [2.05, 4.69) is 10.2 Å². The Morgan fingerprint density at radius 3 is 2.83 bits per heavy atom. The topological polar surface area (TPSA) is 84.0 Å². The van der Waals surface area contributed by atoms with E-state index in [0.29, 0.717) is 5.56 Å². The third-order valence-corrected chi connectivity index (χ3v) is 2.20. The van der Waals surface area contributed by atoms with Crippen molar-refractivity contribution < 1.29 is 14.5 Å². The van der Waals surface area contributed by atoms with E-state index in [4.69, 9.17) is 4.74 Å². The zero-order valence-corrected chi connectivity index (χ0v) is 9.81. The number of rotatable bonds is 4. The molecule has 0 atom stereocenters. The maximum atomic E-state index is 11.5. The zero-order chi connectivity index (χ0) is 13.0. The highest BCUT2D eigenvalue weighted by Crippen LogP contribution is 2.11. The monoisotopic (exact) mass is 248 g/mol. The summed E-state index contributed by atoms with van der Waals surface area (Å²) >= 11 is 0. The lowest BCUT2D eigenvalue weighted by Gasteiger charge is -2.00. The summed E-state index contributed by atoms with van der Waals surface area (Å²) in [6.45, 7) is 1.70. The minimum atomic E-state index is -0.522. The molecule has 2 aromatic rings. The van der Waals surface area contributed by atoms with Gasteiger partial charge in [-0.25, -0.2) is 4.79 Å². The second kappa shape index (κ2) is 5.26. The molecule has 0 amide bonds. The van der Waals surface area contributed by atoms with Crippen molar-refractivity contribution in [3.63, 3.8) is 0 Å². The number of aromatic nitrogens is 4. The van der Waals surface area contributed by atoms with Crippen molar-refractivity contribution in [3.05, 3.63) is 35.5 Å². The van der Waals surface area contributed by atoms with E-state index in [1.54, 1.807) is 19.1 Å². The van der Waals surface area contributed by atoms with Gasteiger partial charge >= 0.3 is 11.8 Å². The molecule has 0 fully saturated rings. The standard InChI is InChI=1S/C11H12N4O3/c1-2-18-10(16)8-14-12-11(13-15(14)17)9-6-4-3-5-7-9/h3-7H,2,8H2,1H3. The van der Waals surface area contributed by atoms with Crippen molar-refractivity contribution in [2.24, 2.45) is 0 Å². The lowest BCUT2D eigenvalue weighted by Crippen LogP contribution is -2.42. The Bertz CT molecular complexity index is 538. The molecule has 0 aliphatic carbocycles. The smallest absolute Gasteiger partial charge is 0.339 e. The second-order valence-corrected chi connectivity index (χ2v) is 3.48. The van der Waals surface area contributed by atoms with Crippen LogP contribution in [0.3, 0.4) is 0 Å². The number of tetrazole rings is 1. The normalized spacial score (nSPS) is 10.3.